The van der Waals surface area contributed by atoms with Crippen molar-refractivity contribution < 1.29 is 18.0 Å². The third kappa shape index (κ3) is 1.76. The third-order valence-electron chi connectivity index (χ3n) is 1.24. The summed E-state index contributed by atoms with van der Waals surface area (Å²) in [4.78, 5) is 13.4. The highest BCUT2D eigenvalue weighted by Crippen LogP contribution is 2.25. The number of nitrogens with two attached hydrogens (primary N) is 1. The molecule has 1 aromatic heterocycles. The summed E-state index contributed by atoms with van der Waals surface area (Å²) < 4.78 is 36.5. The van der Waals surface area contributed by atoms with Gasteiger partial charge in [-0.3, -0.25) is 4.79 Å². The molecule has 1 heterocycles. The van der Waals surface area contributed by atoms with Crippen LogP contribution in [0.5, 0.6) is 0 Å². The zero-order valence-corrected chi connectivity index (χ0v) is 6.46. The number of carbonyl (C=O) groups excluding carboxylic acids is 1. The number of halogens is 3. The lowest BCUT2D eigenvalue weighted by Gasteiger charge is -1.97. The molecule has 0 radical (unpaired) electrons. The van der Waals surface area contributed by atoms with E-state index in [1.54, 1.807) is 0 Å². The van der Waals surface area contributed by atoms with Gasteiger partial charge >= 0.3 is 6.18 Å². The molecule has 2 N–H and O–H groups in total. The predicted octanol–water partition coefficient (Wildman–Crippen LogP) is -0.0672. The zero-order valence-electron chi connectivity index (χ0n) is 6.46. The van der Waals surface area contributed by atoms with Gasteiger partial charge in [-0.1, -0.05) is 0 Å². The van der Waals surface area contributed by atoms with Crippen molar-refractivity contribution in [3.8, 4) is 0 Å². The van der Waals surface area contributed by atoms with E-state index in [0.29, 0.717) is 4.68 Å². The molecule has 0 aromatic carbocycles. The van der Waals surface area contributed by atoms with E-state index in [2.05, 4.69) is 10.1 Å². The summed E-state index contributed by atoms with van der Waals surface area (Å²) in [6, 6.07) is 0. The van der Waals surface area contributed by atoms with Crippen molar-refractivity contribution in [2.45, 2.75) is 6.18 Å². The van der Waals surface area contributed by atoms with Gasteiger partial charge in [0.25, 0.3) is 11.7 Å². The van der Waals surface area contributed by atoms with Crippen LogP contribution < -0.4 is 5.73 Å². The second-order valence-corrected chi connectivity index (χ2v) is 2.24. The number of nitrogens with zero attached hydrogens (tertiary/aromatic N) is 3. The van der Waals surface area contributed by atoms with Crippen molar-refractivity contribution in [1.29, 1.82) is 0 Å². The van der Waals surface area contributed by atoms with Gasteiger partial charge in [-0.25, -0.2) is 4.68 Å². The van der Waals surface area contributed by atoms with Crippen molar-refractivity contribution in [2.24, 2.45) is 12.8 Å². The molecule has 0 saturated heterocycles. The van der Waals surface area contributed by atoms with Crippen LogP contribution in [0.3, 0.4) is 0 Å². The first kappa shape index (κ1) is 9.49. The van der Waals surface area contributed by atoms with E-state index in [4.69, 9.17) is 5.73 Å². The minimum Gasteiger partial charge on any atom is -0.363 e. The standard InChI is InChI=1S/C5H5F3N4O/c1-12-3(2(9)13)10-4(11-12)5(6,7)8/h1H3,(H2,9,13). The molecule has 5 nitrogen and oxygen atoms in total. The molecule has 0 fully saturated rings. The van der Waals surface area contributed by atoms with Crippen molar-refractivity contribution in [1.82, 2.24) is 14.8 Å². The molecular weight excluding hydrogens is 189 g/mol. The molecule has 1 amide bonds. The first-order valence-electron chi connectivity index (χ1n) is 3.10. The Morgan fingerprint density at radius 1 is 1.54 bits per heavy atom. The lowest BCUT2D eigenvalue weighted by molar-refractivity contribution is -0.144. The summed E-state index contributed by atoms with van der Waals surface area (Å²) in [7, 11) is 1.16. The number of carbonyl (C=O) groups is 1. The second-order valence-electron chi connectivity index (χ2n) is 2.24. The van der Waals surface area contributed by atoms with Gasteiger partial charge in [-0.05, 0) is 0 Å². The predicted molar refractivity (Wildman–Crippen MR) is 34.5 cm³/mol. The number of aryl methyl sites for hydroxylation is 1. The van der Waals surface area contributed by atoms with Crippen LogP contribution in [0.1, 0.15) is 16.4 Å². The van der Waals surface area contributed by atoms with Crippen molar-refractivity contribution in [2.75, 3.05) is 0 Å². The van der Waals surface area contributed by atoms with E-state index in [9.17, 15) is 18.0 Å². The Labute approximate surface area is 70.4 Å². The van der Waals surface area contributed by atoms with E-state index in [1.807, 2.05) is 0 Å². The maximum atomic E-state index is 12.0. The molecule has 8 heteroatoms. The van der Waals surface area contributed by atoms with Crippen LogP contribution in [0, 0.1) is 0 Å². The Morgan fingerprint density at radius 2 is 2.08 bits per heavy atom. The minimum absolute atomic E-state index is 0.521. The number of hydrogen-bond acceptors (Lipinski definition) is 3. The summed E-state index contributed by atoms with van der Waals surface area (Å²) in [5.74, 6) is -2.94. The number of rotatable bonds is 1. The monoisotopic (exact) mass is 194 g/mol. The first-order chi connectivity index (χ1) is 5.82. The number of primary amides is 1. The van der Waals surface area contributed by atoms with E-state index in [1.165, 1.54) is 0 Å². The highest BCUT2D eigenvalue weighted by atomic mass is 19.4. The second kappa shape index (κ2) is 2.71. The molecule has 0 aliphatic heterocycles. The van der Waals surface area contributed by atoms with Crippen LogP contribution in [0.25, 0.3) is 0 Å². The van der Waals surface area contributed by atoms with E-state index in [0.717, 1.165) is 7.05 Å². The molecule has 0 bridgehead atoms. The van der Waals surface area contributed by atoms with Gasteiger partial charge < -0.3 is 5.73 Å². The van der Waals surface area contributed by atoms with Crippen LogP contribution in [-0.4, -0.2) is 20.7 Å². The average Bonchev–Trinajstić information content (AvgIpc) is 2.29. The van der Waals surface area contributed by atoms with Crippen molar-refractivity contribution >= 4 is 5.91 Å². The van der Waals surface area contributed by atoms with Crippen LogP contribution in [-0.2, 0) is 13.2 Å². The summed E-state index contributed by atoms with van der Waals surface area (Å²) in [5.41, 5.74) is 4.74. The molecule has 1 aromatic rings. The summed E-state index contributed by atoms with van der Waals surface area (Å²) in [5, 5.41) is 2.98. The topological polar surface area (TPSA) is 73.8 Å². The Morgan fingerprint density at radius 3 is 2.31 bits per heavy atom. The fourth-order valence-corrected chi connectivity index (χ4v) is 0.719. The van der Waals surface area contributed by atoms with Gasteiger partial charge in [0.05, 0.1) is 0 Å². The highest BCUT2D eigenvalue weighted by Gasteiger charge is 2.37. The maximum Gasteiger partial charge on any atom is 0.453 e. The molecule has 13 heavy (non-hydrogen) atoms. The molecule has 0 atom stereocenters. The third-order valence-corrected chi connectivity index (χ3v) is 1.24. The van der Waals surface area contributed by atoms with Crippen LogP contribution in [0.4, 0.5) is 13.2 Å². The summed E-state index contributed by atoms with van der Waals surface area (Å²) >= 11 is 0. The molecule has 72 valence electrons. The van der Waals surface area contributed by atoms with Crippen LogP contribution in [0.15, 0.2) is 0 Å². The summed E-state index contributed by atoms with van der Waals surface area (Å²) in [6.45, 7) is 0. The molecule has 0 saturated carbocycles. The van der Waals surface area contributed by atoms with Gasteiger partial charge in [0.15, 0.2) is 0 Å². The van der Waals surface area contributed by atoms with Crippen LogP contribution >= 0.6 is 0 Å². The first-order valence-corrected chi connectivity index (χ1v) is 3.10. The Hall–Kier alpha value is -1.60. The molecule has 0 aliphatic carbocycles. The number of amides is 1. The fraction of sp³-hybridized carbons (Fsp3) is 0.400. The molecule has 0 aliphatic rings. The zero-order chi connectivity index (χ0) is 10.2. The Bertz CT molecular complexity index is 342. The highest BCUT2D eigenvalue weighted by molar-refractivity contribution is 5.88. The van der Waals surface area contributed by atoms with E-state index >= 15 is 0 Å². The molecule has 0 spiro atoms. The van der Waals surface area contributed by atoms with Gasteiger partial charge in [0.2, 0.25) is 5.82 Å². The number of aromatic nitrogens is 3. The van der Waals surface area contributed by atoms with Gasteiger partial charge in [-0.15, -0.1) is 5.10 Å². The quantitative estimate of drug-likeness (QED) is 0.680. The number of hydrogen-bond donors (Lipinski definition) is 1. The summed E-state index contributed by atoms with van der Waals surface area (Å²) in [6.07, 6.45) is -4.66. The van der Waals surface area contributed by atoms with Gasteiger partial charge in [-0.2, -0.15) is 18.2 Å². The van der Waals surface area contributed by atoms with E-state index < -0.39 is 23.7 Å². The Balaban J connectivity index is 3.17. The van der Waals surface area contributed by atoms with Gasteiger partial charge in [0, 0.05) is 7.05 Å². The largest absolute Gasteiger partial charge is 0.453 e. The minimum atomic E-state index is -4.66. The Kier molecular flexibility index (Phi) is 1.98. The fourth-order valence-electron chi connectivity index (χ4n) is 0.719. The molecule has 1 rings (SSSR count). The van der Waals surface area contributed by atoms with Crippen molar-refractivity contribution in [3.05, 3.63) is 11.6 Å². The number of alkyl halides is 3. The lowest BCUT2D eigenvalue weighted by Crippen LogP contribution is -2.17. The smallest absolute Gasteiger partial charge is 0.363 e. The van der Waals surface area contributed by atoms with Crippen molar-refractivity contribution in [3.63, 3.8) is 0 Å². The lowest BCUT2D eigenvalue weighted by atomic mass is 10.5. The van der Waals surface area contributed by atoms with Gasteiger partial charge in [0.1, 0.15) is 0 Å². The average molecular weight is 194 g/mol. The maximum absolute atomic E-state index is 12.0. The normalized spacial score (nSPS) is 11.7. The SMILES string of the molecule is Cn1nc(C(F)(F)F)nc1C(N)=O. The van der Waals surface area contributed by atoms with E-state index in [-0.39, 0.29) is 0 Å². The molecular formula is C5H5F3N4O. The van der Waals surface area contributed by atoms with Crippen LogP contribution in [0.2, 0.25) is 0 Å². The molecule has 0 unspecified atom stereocenters.